The van der Waals surface area contributed by atoms with Gasteiger partial charge in [-0.15, -0.1) is 0 Å². The average Bonchev–Trinajstić information content (AvgIpc) is 2.64. The Morgan fingerprint density at radius 2 is 2.18 bits per heavy atom. The Labute approximate surface area is 98.3 Å². The van der Waals surface area contributed by atoms with E-state index in [-0.39, 0.29) is 5.91 Å². The summed E-state index contributed by atoms with van der Waals surface area (Å²) in [5.74, 6) is 0.140. The molecule has 0 radical (unpaired) electrons. The Morgan fingerprint density at radius 1 is 1.41 bits per heavy atom. The minimum atomic E-state index is -0.258. The van der Waals surface area contributed by atoms with Crippen molar-refractivity contribution in [3.63, 3.8) is 0 Å². The summed E-state index contributed by atoms with van der Waals surface area (Å²) in [6, 6.07) is 3.53. The minimum Gasteiger partial charge on any atom is -0.394 e. The van der Waals surface area contributed by atoms with E-state index < -0.39 is 0 Å². The Kier molecular flexibility index (Phi) is 2.78. The zero-order valence-corrected chi connectivity index (χ0v) is 9.61. The van der Waals surface area contributed by atoms with Gasteiger partial charge in [0.25, 0.3) is 5.91 Å². The van der Waals surface area contributed by atoms with Crippen LogP contribution in [0.4, 0.5) is 11.5 Å². The molecule has 6 heteroatoms. The molecule has 6 nitrogen and oxygen atoms in total. The molecule has 0 aromatic carbocycles. The molecular formula is C11H13N5O. The molecule has 0 saturated carbocycles. The van der Waals surface area contributed by atoms with Crippen LogP contribution in [0.3, 0.4) is 0 Å². The second-order valence-electron chi connectivity index (χ2n) is 3.74. The molecular weight excluding hydrogens is 218 g/mol. The number of nitrogens with zero attached hydrogens (tertiary/aromatic N) is 2. The first-order valence-corrected chi connectivity index (χ1v) is 5.12. The Balaban J connectivity index is 2.23. The third-order valence-electron chi connectivity index (χ3n) is 2.38. The largest absolute Gasteiger partial charge is 0.394 e. The summed E-state index contributed by atoms with van der Waals surface area (Å²) in [6.45, 7) is 3.67. The summed E-state index contributed by atoms with van der Waals surface area (Å²) in [5, 5.41) is 8.98. The molecule has 4 N–H and O–H groups in total. The topological polar surface area (TPSA) is 96.7 Å². The fourth-order valence-corrected chi connectivity index (χ4v) is 1.50. The van der Waals surface area contributed by atoms with E-state index in [0.717, 1.165) is 5.69 Å². The van der Waals surface area contributed by atoms with Crippen molar-refractivity contribution in [2.45, 2.75) is 13.8 Å². The van der Waals surface area contributed by atoms with Crippen molar-refractivity contribution in [2.24, 2.45) is 0 Å². The number of carbonyl (C=O) groups excluding carboxylic acids is 1. The molecule has 1 amide bonds. The second-order valence-corrected chi connectivity index (χ2v) is 3.74. The summed E-state index contributed by atoms with van der Waals surface area (Å²) in [5.41, 5.74) is 8.08. The quantitative estimate of drug-likeness (QED) is 0.724. The van der Waals surface area contributed by atoms with Crippen LogP contribution in [0, 0.1) is 13.8 Å². The normalized spacial score (nSPS) is 10.2. The maximum Gasteiger partial charge on any atom is 0.258 e. The number of hydrogen-bond donors (Lipinski definition) is 3. The van der Waals surface area contributed by atoms with Crippen LogP contribution in [0.1, 0.15) is 21.7 Å². The Bertz CT molecular complexity index is 561. The van der Waals surface area contributed by atoms with Gasteiger partial charge in [-0.3, -0.25) is 14.9 Å². The van der Waals surface area contributed by atoms with Crippen molar-refractivity contribution in [2.75, 3.05) is 11.1 Å². The number of hydrogen-bond acceptors (Lipinski definition) is 4. The fourth-order valence-electron chi connectivity index (χ4n) is 1.50. The van der Waals surface area contributed by atoms with Crippen molar-refractivity contribution in [3.05, 3.63) is 35.3 Å². The highest BCUT2D eigenvalue weighted by molar-refractivity contribution is 6.05. The van der Waals surface area contributed by atoms with Crippen LogP contribution in [0.2, 0.25) is 0 Å². The predicted molar refractivity (Wildman–Crippen MR) is 64.7 cm³/mol. The molecule has 0 aliphatic heterocycles. The highest BCUT2D eigenvalue weighted by atomic mass is 16.1. The lowest BCUT2D eigenvalue weighted by Crippen LogP contribution is -2.15. The van der Waals surface area contributed by atoms with E-state index in [2.05, 4.69) is 20.5 Å². The van der Waals surface area contributed by atoms with E-state index in [1.807, 2.05) is 6.92 Å². The van der Waals surface area contributed by atoms with Crippen LogP contribution in [0.15, 0.2) is 18.3 Å². The molecule has 0 aliphatic rings. The monoisotopic (exact) mass is 231 g/mol. The molecule has 0 fully saturated rings. The number of nitrogen functional groups attached to an aromatic ring is 1. The van der Waals surface area contributed by atoms with E-state index in [1.165, 1.54) is 6.20 Å². The minimum absolute atomic E-state index is 0.258. The van der Waals surface area contributed by atoms with E-state index in [9.17, 15) is 4.79 Å². The zero-order chi connectivity index (χ0) is 12.4. The number of pyridine rings is 1. The number of H-pyrrole nitrogens is 1. The predicted octanol–water partition coefficient (Wildman–Crippen LogP) is 1.26. The zero-order valence-electron chi connectivity index (χ0n) is 9.61. The van der Waals surface area contributed by atoms with E-state index >= 15 is 0 Å². The molecule has 0 saturated heterocycles. The molecule has 2 aromatic heterocycles. The van der Waals surface area contributed by atoms with Crippen LogP contribution in [-0.4, -0.2) is 21.1 Å². The molecule has 2 heterocycles. The summed E-state index contributed by atoms with van der Waals surface area (Å²) in [7, 11) is 0. The number of rotatable bonds is 2. The van der Waals surface area contributed by atoms with Crippen LogP contribution < -0.4 is 11.1 Å². The van der Waals surface area contributed by atoms with E-state index in [0.29, 0.717) is 22.8 Å². The summed E-state index contributed by atoms with van der Waals surface area (Å²) in [4.78, 5) is 16.2. The Hall–Kier alpha value is -2.37. The lowest BCUT2D eigenvalue weighted by Gasteiger charge is -2.06. The number of carbonyl (C=O) groups is 1. The van der Waals surface area contributed by atoms with Gasteiger partial charge in [0.05, 0.1) is 23.1 Å². The number of amides is 1. The molecule has 0 aliphatic carbocycles. The van der Waals surface area contributed by atoms with Gasteiger partial charge in [0, 0.05) is 5.69 Å². The average molecular weight is 231 g/mol. The third kappa shape index (κ3) is 2.25. The van der Waals surface area contributed by atoms with Gasteiger partial charge < -0.3 is 11.1 Å². The maximum atomic E-state index is 11.9. The van der Waals surface area contributed by atoms with Gasteiger partial charge in [0.15, 0.2) is 5.82 Å². The molecule has 2 rings (SSSR count). The first-order valence-electron chi connectivity index (χ1n) is 5.12. The van der Waals surface area contributed by atoms with E-state index in [1.54, 1.807) is 19.1 Å². The lowest BCUT2D eigenvalue weighted by atomic mass is 10.2. The number of aromatic amines is 1. The smallest absolute Gasteiger partial charge is 0.258 e. The van der Waals surface area contributed by atoms with Gasteiger partial charge in [-0.2, -0.15) is 5.10 Å². The number of nitrogens with one attached hydrogen (secondary N) is 2. The maximum absolute atomic E-state index is 11.9. The summed E-state index contributed by atoms with van der Waals surface area (Å²) >= 11 is 0. The summed E-state index contributed by atoms with van der Waals surface area (Å²) in [6.07, 6.45) is 1.44. The van der Waals surface area contributed by atoms with Crippen LogP contribution in [-0.2, 0) is 0 Å². The molecule has 0 atom stereocenters. The van der Waals surface area contributed by atoms with Crippen molar-refractivity contribution in [1.82, 2.24) is 15.2 Å². The standard InChI is InChI=1S/C11H13N5O/c1-6-3-4-8(7(2)14-6)11(17)15-10-9(12)5-13-16-10/h3-5H,12H2,1-2H3,(H2,13,15,16,17). The fraction of sp³-hybridized carbons (Fsp3) is 0.182. The van der Waals surface area contributed by atoms with E-state index in [4.69, 9.17) is 5.73 Å². The second kappa shape index (κ2) is 4.25. The van der Waals surface area contributed by atoms with Gasteiger partial charge in [-0.1, -0.05) is 0 Å². The SMILES string of the molecule is Cc1ccc(C(=O)Nc2[nH]ncc2N)c(C)n1. The van der Waals surface area contributed by atoms with Gasteiger partial charge in [0.1, 0.15) is 0 Å². The number of aromatic nitrogens is 3. The first-order chi connectivity index (χ1) is 8.08. The van der Waals surface area contributed by atoms with Gasteiger partial charge in [0.2, 0.25) is 0 Å². The molecule has 2 aromatic rings. The number of nitrogens with two attached hydrogens (primary N) is 1. The van der Waals surface area contributed by atoms with Crippen molar-refractivity contribution in [3.8, 4) is 0 Å². The van der Waals surface area contributed by atoms with Crippen molar-refractivity contribution in [1.29, 1.82) is 0 Å². The van der Waals surface area contributed by atoms with Gasteiger partial charge >= 0.3 is 0 Å². The number of anilines is 2. The molecule has 0 bridgehead atoms. The summed E-state index contributed by atoms with van der Waals surface area (Å²) < 4.78 is 0. The lowest BCUT2D eigenvalue weighted by molar-refractivity contribution is 0.102. The molecule has 17 heavy (non-hydrogen) atoms. The number of aryl methyl sites for hydroxylation is 2. The van der Waals surface area contributed by atoms with Crippen LogP contribution in [0.5, 0.6) is 0 Å². The molecule has 88 valence electrons. The van der Waals surface area contributed by atoms with Crippen LogP contribution in [0.25, 0.3) is 0 Å². The molecule has 0 unspecified atom stereocenters. The van der Waals surface area contributed by atoms with Crippen LogP contribution >= 0.6 is 0 Å². The van der Waals surface area contributed by atoms with Crippen molar-refractivity contribution >= 4 is 17.4 Å². The highest BCUT2D eigenvalue weighted by Crippen LogP contribution is 2.15. The first kappa shape index (κ1) is 11.1. The third-order valence-corrected chi connectivity index (χ3v) is 2.38. The van der Waals surface area contributed by atoms with Crippen molar-refractivity contribution < 1.29 is 4.79 Å². The van der Waals surface area contributed by atoms with Gasteiger partial charge in [-0.05, 0) is 26.0 Å². The van der Waals surface area contributed by atoms with Gasteiger partial charge in [-0.25, -0.2) is 0 Å². The Morgan fingerprint density at radius 3 is 2.76 bits per heavy atom. The highest BCUT2D eigenvalue weighted by Gasteiger charge is 2.12. The molecule has 0 spiro atoms.